The average Bonchev–Trinajstić information content (AvgIpc) is 2.66. The predicted octanol–water partition coefficient (Wildman–Crippen LogP) is 7.80. The molecule has 1 atom stereocenters. The minimum absolute atomic E-state index is 0.276. The van der Waals surface area contributed by atoms with E-state index in [1.165, 1.54) is 34.3 Å². The summed E-state index contributed by atoms with van der Waals surface area (Å²) in [6.07, 6.45) is 21.4. The fraction of sp³-hybridized carbons (Fsp3) is 0.259. The topological polar surface area (TPSA) is 0 Å². The summed E-state index contributed by atoms with van der Waals surface area (Å²) < 4.78 is 0. The Kier molecular flexibility index (Phi) is 8.07. The SMILES string of the molecule is C=C(C1=C/C(C)=C/C=C\C=C(C)/C=C/C=C\1)C(C)c1ccc(CCC)cc1. The number of benzene rings is 1. The molecule has 0 radical (unpaired) electrons. The molecule has 0 aliphatic heterocycles. The zero-order chi connectivity index (χ0) is 19.6. The summed E-state index contributed by atoms with van der Waals surface area (Å²) >= 11 is 0. The molecule has 0 heterocycles. The van der Waals surface area contributed by atoms with Gasteiger partial charge in [-0.2, -0.15) is 0 Å². The molecule has 0 N–H and O–H groups in total. The molecular weight excluding hydrogens is 324 g/mol. The molecular formula is C27H32. The summed E-state index contributed by atoms with van der Waals surface area (Å²) in [5, 5.41) is 0. The van der Waals surface area contributed by atoms with Gasteiger partial charge in [-0.3, -0.25) is 0 Å². The van der Waals surface area contributed by atoms with Crippen LogP contribution < -0.4 is 0 Å². The molecule has 2 rings (SSSR count). The minimum Gasteiger partial charge on any atom is -0.0946 e. The van der Waals surface area contributed by atoms with Crippen molar-refractivity contribution < 1.29 is 0 Å². The summed E-state index contributed by atoms with van der Waals surface area (Å²) in [4.78, 5) is 0. The van der Waals surface area contributed by atoms with Gasteiger partial charge < -0.3 is 0 Å². The zero-order valence-electron chi connectivity index (χ0n) is 17.2. The van der Waals surface area contributed by atoms with Gasteiger partial charge >= 0.3 is 0 Å². The number of hydrogen-bond acceptors (Lipinski definition) is 0. The Labute approximate surface area is 165 Å². The van der Waals surface area contributed by atoms with E-state index in [-0.39, 0.29) is 5.92 Å². The largest absolute Gasteiger partial charge is 0.0946 e. The van der Waals surface area contributed by atoms with E-state index < -0.39 is 0 Å². The van der Waals surface area contributed by atoms with Gasteiger partial charge in [0, 0.05) is 5.92 Å². The Morgan fingerprint density at radius 1 is 0.889 bits per heavy atom. The first kappa shape index (κ1) is 20.7. The fourth-order valence-corrected chi connectivity index (χ4v) is 3.09. The van der Waals surface area contributed by atoms with Crippen LogP contribution in [0.25, 0.3) is 0 Å². The van der Waals surface area contributed by atoms with Crippen LogP contribution in [-0.2, 0) is 6.42 Å². The van der Waals surface area contributed by atoms with Gasteiger partial charge in [0.15, 0.2) is 0 Å². The molecule has 0 heteroatoms. The van der Waals surface area contributed by atoms with Crippen LogP contribution in [0.3, 0.4) is 0 Å². The van der Waals surface area contributed by atoms with Crippen molar-refractivity contribution in [1.82, 2.24) is 0 Å². The Morgan fingerprint density at radius 3 is 2.19 bits per heavy atom. The standard InChI is InChI=1S/C27H32/c1-6-11-25-16-18-26(19-17-25)23(4)24(5)27-15-10-9-13-21(2)12-7-8-14-22(3)20-27/h7-10,12-20,23H,5-6,11H2,1-4H3/b8-7-,10-9?,12-7?,13-9+,14-8?,15-10-,21-12-,21-13?,22-14+,22-20?,27-15?,27-20+. The van der Waals surface area contributed by atoms with Crippen molar-refractivity contribution in [3.63, 3.8) is 0 Å². The molecule has 0 aromatic heterocycles. The van der Waals surface area contributed by atoms with Gasteiger partial charge in [0.05, 0.1) is 0 Å². The molecule has 0 spiro atoms. The zero-order valence-corrected chi connectivity index (χ0v) is 17.2. The van der Waals surface area contributed by atoms with Crippen molar-refractivity contribution >= 4 is 0 Å². The van der Waals surface area contributed by atoms with Crippen LogP contribution in [0.2, 0.25) is 0 Å². The van der Waals surface area contributed by atoms with E-state index in [2.05, 4.69) is 113 Å². The maximum Gasteiger partial charge on any atom is 0.00610 e. The van der Waals surface area contributed by atoms with Crippen LogP contribution in [0.15, 0.2) is 108 Å². The van der Waals surface area contributed by atoms with Gasteiger partial charge in [-0.1, -0.05) is 117 Å². The van der Waals surface area contributed by atoms with Crippen LogP contribution in [0, 0.1) is 0 Å². The molecule has 140 valence electrons. The molecule has 1 aromatic rings. The van der Waals surface area contributed by atoms with Gasteiger partial charge in [-0.05, 0) is 42.5 Å². The molecule has 0 saturated heterocycles. The Hall–Kier alpha value is -2.60. The third kappa shape index (κ3) is 6.57. The molecule has 0 fully saturated rings. The van der Waals surface area contributed by atoms with Crippen molar-refractivity contribution in [1.29, 1.82) is 0 Å². The van der Waals surface area contributed by atoms with Crippen molar-refractivity contribution in [3.8, 4) is 0 Å². The van der Waals surface area contributed by atoms with Gasteiger partial charge in [0.1, 0.15) is 0 Å². The summed E-state index contributed by atoms with van der Waals surface area (Å²) in [5.74, 6) is 0.276. The quantitative estimate of drug-likeness (QED) is 0.505. The highest BCUT2D eigenvalue weighted by atomic mass is 14.2. The summed E-state index contributed by atoms with van der Waals surface area (Å²) in [5.41, 5.74) is 7.48. The molecule has 0 amide bonds. The van der Waals surface area contributed by atoms with Gasteiger partial charge in [-0.25, -0.2) is 0 Å². The lowest BCUT2D eigenvalue weighted by Gasteiger charge is -2.17. The molecule has 27 heavy (non-hydrogen) atoms. The van der Waals surface area contributed by atoms with E-state index in [4.69, 9.17) is 0 Å². The van der Waals surface area contributed by atoms with Crippen LogP contribution in [-0.4, -0.2) is 0 Å². The molecule has 0 saturated carbocycles. The van der Waals surface area contributed by atoms with E-state index >= 15 is 0 Å². The van der Waals surface area contributed by atoms with Crippen molar-refractivity contribution in [2.75, 3.05) is 0 Å². The second-order valence-electron chi connectivity index (χ2n) is 7.26. The lowest BCUT2D eigenvalue weighted by Crippen LogP contribution is -2.00. The van der Waals surface area contributed by atoms with E-state index in [9.17, 15) is 0 Å². The first-order valence-corrected chi connectivity index (χ1v) is 9.87. The summed E-state index contributed by atoms with van der Waals surface area (Å²) in [6.45, 7) is 13.1. The monoisotopic (exact) mass is 356 g/mol. The molecule has 1 aliphatic rings. The predicted molar refractivity (Wildman–Crippen MR) is 121 cm³/mol. The first-order chi connectivity index (χ1) is 13.0. The number of allylic oxidation sites excluding steroid dienone is 13. The van der Waals surface area contributed by atoms with Crippen LogP contribution >= 0.6 is 0 Å². The van der Waals surface area contributed by atoms with Crippen molar-refractivity contribution in [2.24, 2.45) is 0 Å². The molecule has 1 aliphatic carbocycles. The Morgan fingerprint density at radius 2 is 1.52 bits per heavy atom. The Balaban J connectivity index is 2.28. The van der Waals surface area contributed by atoms with Gasteiger partial charge in [-0.15, -0.1) is 0 Å². The third-order valence-electron chi connectivity index (χ3n) is 4.87. The highest BCUT2D eigenvalue weighted by Gasteiger charge is 2.12. The van der Waals surface area contributed by atoms with Gasteiger partial charge in [0.2, 0.25) is 0 Å². The van der Waals surface area contributed by atoms with Crippen molar-refractivity contribution in [3.05, 3.63) is 119 Å². The molecule has 1 aromatic carbocycles. The van der Waals surface area contributed by atoms with Crippen LogP contribution in [0.1, 0.15) is 51.2 Å². The maximum atomic E-state index is 4.43. The smallest absolute Gasteiger partial charge is 0.00610 e. The van der Waals surface area contributed by atoms with Crippen LogP contribution in [0.4, 0.5) is 0 Å². The van der Waals surface area contributed by atoms with Crippen molar-refractivity contribution in [2.45, 2.75) is 46.5 Å². The third-order valence-corrected chi connectivity index (χ3v) is 4.87. The maximum absolute atomic E-state index is 4.43. The lowest BCUT2D eigenvalue weighted by molar-refractivity contribution is 0.897. The second-order valence-corrected chi connectivity index (χ2v) is 7.26. The van der Waals surface area contributed by atoms with E-state index in [0.717, 1.165) is 12.0 Å². The van der Waals surface area contributed by atoms with Crippen LogP contribution in [0.5, 0.6) is 0 Å². The number of hydrogen-bond donors (Lipinski definition) is 0. The summed E-state index contributed by atoms with van der Waals surface area (Å²) in [7, 11) is 0. The summed E-state index contributed by atoms with van der Waals surface area (Å²) in [6, 6.07) is 9.00. The average molecular weight is 357 g/mol. The highest BCUT2D eigenvalue weighted by Crippen LogP contribution is 2.30. The fourth-order valence-electron chi connectivity index (χ4n) is 3.09. The highest BCUT2D eigenvalue weighted by molar-refractivity contribution is 5.49. The van der Waals surface area contributed by atoms with Gasteiger partial charge in [0.25, 0.3) is 0 Å². The second kappa shape index (κ2) is 10.5. The Bertz CT molecular complexity index is 817. The molecule has 0 bridgehead atoms. The lowest BCUT2D eigenvalue weighted by atomic mass is 9.87. The van der Waals surface area contributed by atoms with E-state index in [1.807, 2.05) is 0 Å². The normalized spacial score (nSPS) is 25.3. The molecule has 0 nitrogen and oxygen atoms in total. The first-order valence-electron chi connectivity index (χ1n) is 9.87. The minimum atomic E-state index is 0.276. The molecule has 1 unspecified atom stereocenters. The number of rotatable bonds is 5. The van der Waals surface area contributed by atoms with E-state index in [0.29, 0.717) is 0 Å². The van der Waals surface area contributed by atoms with E-state index in [1.54, 1.807) is 0 Å². The number of aryl methyl sites for hydroxylation is 1.